The first-order valence-corrected chi connectivity index (χ1v) is 5.11. The van der Waals surface area contributed by atoms with E-state index in [1.54, 1.807) is 26.0 Å². The molecule has 1 amide bonds. The van der Waals surface area contributed by atoms with E-state index in [2.05, 4.69) is 0 Å². The molecular formula is C11H15NO4. The Morgan fingerprint density at radius 2 is 2.25 bits per heavy atom. The van der Waals surface area contributed by atoms with E-state index in [0.29, 0.717) is 6.54 Å². The number of furan rings is 1. The zero-order valence-corrected chi connectivity index (χ0v) is 9.34. The van der Waals surface area contributed by atoms with Crippen molar-refractivity contribution in [2.45, 2.75) is 13.8 Å². The van der Waals surface area contributed by atoms with Crippen LogP contribution in [0.4, 0.5) is 0 Å². The molecule has 88 valence electrons. The van der Waals surface area contributed by atoms with Gasteiger partial charge in [0.1, 0.15) is 0 Å². The maximum absolute atomic E-state index is 11.8. The second-order valence-corrected chi connectivity index (χ2v) is 3.56. The van der Waals surface area contributed by atoms with Crippen LogP contribution in [-0.4, -0.2) is 35.0 Å². The molecule has 1 rings (SSSR count). The van der Waals surface area contributed by atoms with Gasteiger partial charge in [-0.1, -0.05) is 6.92 Å². The van der Waals surface area contributed by atoms with Crippen LogP contribution in [0.3, 0.4) is 0 Å². The number of carboxylic acid groups (broad SMARTS) is 1. The second-order valence-electron chi connectivity index (χ2n) is 3.56. The van der Waals surface area contributed by atoms with Crippen molar-refractivity contribution in [3.63, 3.8) is 0 Å². The Hall–Kier alpha value is -1.78. The van der Waals surface area contributed by atoms with E-state index >= 15 is 0 Å². The minimum Gasteiger partial charge on any atom is -0.481 e. The van der Waals surface area contributed by atoms with E-state index in [1.807, 2.05) is 0 Å². The normalized spacial score (nSPS) is 12.1. The summed E-state index contributed by atoms with van der Waals surface area (Å²) >= 11 is 0. The number of rotatable bonds is 5. The highest BCUT2D eigenvalue weighted by molar-refractivity contribution is 5.91. The van der Waals surface area contributed by atoms with E-state index in [1.165, 1.54) is 11.2 Å². The lowest BCUT2D eigenvalue weighted by Crippen LogP contribution is -2.36. The monoisotopic (exact) mass is 225 g/mol. The summed E-state index contributed by atoms with van der Waals surface area (Å²) in [6.07, 6.45) is 1.42. The topological polar surface area (TPSA) is 70.8 Å². The highest BCUT2D eigenvalue weighted by Crippen LogP contribution is 2.08. The number of carbonyl (C=O) groups is 2. The summed E-state index contributed by atoms with van der Waals surface area (Å²) in [6.45, 7) is 4.01. The van der Waals surface area contributed by atoms with Gasteiger partial charge in [-0.25, -0.2) is 0 Å². The number of nitrogens with zero attached hydrogens (tertiary/aromatic N) is 1. The number of carboxylic acids is 1. The molecule has 1 atom stereocenters. The summed E-state index contributed by atoms with van der Waals surface area (Å²) in [4.78, 5) is 24.0. The van der Waals surface area contributed by atoms with Crippen LogP contribution in [0.2, 0.25) is 0 Å². The molecule has 0 aliphatic heterocycles. The molecule has 0 fully saturated rings. The lowest BCUT2D eigenvalue weighted by atomic mass is 10.1. The van der Waals surface area contributed by atoms with Crippen molar-refractivity contribution in [2.24, 2.45) is 5.92 Å². The molecule has 1 heterocycles. The molecule has 5 heteroatoms. The third-order valence-corrected chi connectivity index (χ3v) is 2.32. The first kappa shape index (κ1) is 12.3. The van der Waals surface area contributed by atoms with Crippen molar-refractivity contribution < 1.29 is 19.1 Å². The van der Waals surface area contributed by atoms with Crippen LogP contribution < -0.4 is 0 Å². The highest BCUT2D eigenvalue weighted by Gasteiger charge is 2.21. The van der Waals surface area contributed by atoms with Gasteiger partial charge < -0.3 is 14.4 Å². The molecule has 0 saturated heterocycles. The molecule has 0 bridgehead atoms. The quantitative estimate of drug-likeness (QED) is 0.823. The van der Waals surface area contributed by atoms with Crippen molar-refractivity contribution in [1.82, 2.24) is 4.90 Å². The molecule has 0 aliphatic rings. The maximum atomic E-state index is 11.8. The fourth-order valence-corrected chi connectivity index (χ4v) is 1.32. The molecule has 1 aromatic rings. The molecule has 0 aliphatic carbocycles. The average molecular weight is 225 g/mol. The molecule has 1 N–H and O–H groups in total. The molecule has 5 nitrogen and oxygen atoms in total. The molecule has 1 unspecified atom stereocenters. The SMILES string of the molecule is CCN(CC(C)C(=O)O)C(=O)c1ccco1. The Morgan fingerprint density at radius 3 is 2.69 bits per heavy atom. The average Bonchev–Trinajstić information content (AvgIpc) is 2.77. The first-order chi connectivity index (χ1) is 7.56. The van der Waals surface area contributed by atoms with Gasteiger partial charge in [0, 0.05) is 13.1 Å². The van der Waals surface area contributed by atoms with Crippen LogP contribution >= 0.6 is 0 Å². The van der Waals surface area contributed by atoms with E-state index in [0.717, 1.165) is 0 Å². The van der Waals surface area contributed by atoms with Crippen LogP contribution in [-0.2, 0) is 4.79 Å². The number of hydrogen-bond donors (Lipinski definition) is 1. The van der Waals surface area contributed by atoms with E-state index < -0.39 is 11.9 Å². The number of aliphatic carboxylic acids is 1. The second kappa shape index (κ2) is 5.34. The Morgan fingerprint density at radius 1 is 1.56 bits per heavy atom. The zero-order valence-electron chi connectivity index (χ0n) is 9.34. The number of amides is 1. The lowest BCUT2D eigenvalue weighted by Gasteiger charge is -2.21. The van der Waals surface area contributed by atoms with Gasteiger partial charge in [-0.15, -0.1) is 0 Å². The summed E-state index contributed by atoms with van der Waals surface area (Å²) in [6, 6.07) is 3.19. The highest BCUT2D eigenvalue weighted by atomic mass is 16.4. The number of hydrogen-bond acceptors (Lipinski definition) is 3. The Bertz CT molecular complexity index is 358. The van der Waals surface area contributed by atoms with Crippen LogP contribution in [0.1, 0.15) is 24.4 Å². The molecule has 0 aromatic carbocycles. The fourth-order valence-electron chi connectivity index (χ4n) is 1.32. The van der Waals surface area contributed by atoms with E-state index in [4.69, 9.17) is 9.52 Å². The summed E-state index contributed by atoms with van der Waals surface area (Å²) < 4.78 is 4.98. The third kappa shape index (κ3) is 2.85. The summed E-state index contributed by atoms with van der Waals surface area (Å²) in [5.41, 5.74) is 0. The largest absolute Gasteiger partial charge is 0.481 e. The van der Waals surface area contributed by atoms with Crippen LogP contribution in [0.5, 0.6) is 0 Å². The Kier molecular flexibility index (Phi) is 4.10. The van der Waals surface area contributed by atoms with Crippen molar-refractivity contribution in [2.75, 3.05) is 13.1 Å². The van der Waals surface area contributed by atoms with Gasteiger partial charge in [-0.05, 0) is 19.1 Å². The van der Waals surface area contributed by atoms with Gasteiger partial charge >= 0.3 is 5.97 Å². The third-order valence-electron chi connectivity index (χ3n) is 2.32. The van der Waals surface area contributed by atoms with E-state index in [-0.39, 0.29) is 18.2 Å². The smallest absolute Gasteiger partial charge is 0.308 e. The molecule has 1 aromatic heterocycles. The first-order valence-electron chi connectivity index (χ1n) is 5.11. The minimum absolute atomic E-state index is 0.186. The lowest BCUT2D eigenvalue weighted by molar-refractivity contribution is -0.141. The van der Waals surface area contributed by atoms with Gasteiger partial charge in [-0.2, -0.15) is 0 Å². The van der Waals surface area contributed by atoms with Crippen LogP contribution in [0.15, 0.2) is 22.8 Å². The summed E-state index contributed by atoms with van der Waals surface area (Å²) in [7, 11) is 0. The summed E-state index contributed by atoms with van der Waals surface area (Å²) in [5, 5.41) is 8.78. The Balaban J connectivity index is 2.68. The van der Waals surface area contributed by atoms with Crippen molar-refractivity contribution in [3.05, 3.63) is 24.2 Å². The predicted molar refractivity (Wildman–Crippen MR) is 57.1 cm³/mol. The molecule has 16 heavy (non-hydrogen) atoms. The van der Waals surface area contributed by atoms with Gasteiger partial charge in [0.2, 0.25) is 0 Å². The Labute approximate surface area is 93.7 Å². The van der Waals surface area contributed by atoms with Gasteiger partial charge in [0.15, 0.2) is 5.76 Å². The van der Waals surface area contributed by atoms with Crippen molar-refractivity contribution in [1.29, 1.82) is 0 Å². The zero-order chi connectivity index (χ0) is 12.1. The van der Waals surface area contributed by atoms with Crippen molar-refractivity contribution in [3.8, 4) is 0 Å². The minimum atomic E-state index is -0.911. The fraction of sp³-hybridized carbons (Fsp3) is 0.455. The van der Waals surface area contributed by atoms with Crippen LogP contribution in [0, 0.1) is 5.92 Å². The number of carbonyl (C=O) groups excluding carboxylic acids is 1. The van der Waals surface area contributed by atoms with Gasteiger partial charge in [0.25, 0.3) is 5.91 Å². The van der Waals surface area contributed by atoms with E-state index in [9.17, 15) is 9.59 Å². The summed E-state index contributed by atoms with van der Waals surface area (Å²) in [5.74, 6) is -1.54. The molecule has 0 radical (unpaired) electrons. The molecule has 0 saturated carbocycles. The van der Waals surface area contributed by atoms with Crippen LogP contribution in [0.25, 0.3) is 0 Å². The predicted octanol–water partition coefficient (Wildman–Crippen LogP) is 1.46. The maximum Gasteiger partial charge on any atom is 0.308 e. The molecular weight excluding hydrogens is 210 g/mol. The van der Waals surface area contributed by atoms with Gasteiger partial charge in [-0.3, -0.25) is 9.59 Å². The standard InChI is InChI=1S/C11H15NO4/c1-3-12(7-8(2)11(14)15)10(13)9-5-4-6-16-9/h4-6,8H,3,7H2,1-2H3,(H,14,15). The van der Waals surface area contributed by atoms with Crippen molar-refractivity contribution >= 4 is 11.9 Å². The molecule has 0 spiro atoms. The van der Waals surface area contributed by atoms with Gasteiger partial charge in [0.05, 0.1) is 12.2 Å².